The largest absolute Gasteiger partial charge is 0.467 e. The van der Waals surface area contributed by atoms with Crippen LogP contribution in [0.15, 0.2) is 41.0 Å². The van der Waals surface area contributed by atoms with Crippen molar-refractivity contribution in [2.45, 2.75) is 38.0 Å². The van der Waals surface area contributed by atoms with Gasteiger partial charge in [0, 0.05) is 0 Å². The zero-order valence-electron chi connectivity index (χ0n) is 18.0. The molecule has 2 fully saturated rings. The number of urea groups is 1. The van der Waals surface area contributed by atoms with Gasteiger partial charge in [0.15, 0.2) is 0 Å². The van der Waals surface area contributed by atoms with Crippen molar-refractivity contribution >= 4 is 34.8 Å². The van der Waals surface area contributed by atoms with Gasteiger partial charge in [-0.2, -0.15) is 13.2 Å². The molecule has 4 amide bonds. The van der Waals surface area contributed by atoms with Crippen LogP contribution in [-0.4, -0.2) is 44.4 Å². The Hall–Kier alpha value is -3.83. The van der Waals surface area contributed by atoms with E-state index < -0.39 is 41.7 Å². The van der Waals surface area contributed by atoms with Gasteiger partial charge in [0.1, 0.15) is 17.8 Å². The van der Waals surface area contributed by atoms with Crippen molar-refractivity contribution in [1.29, 1.82) is 0 Å². The molecule has 1 unspecified atom stereocenters. The molecule has 34 heavy (non-hydrogen) atoms. The van der Waals surface area contributed by atoms with Crippen molar-refractivity contribution in [2.75, 3.05) is 11.9 Å². The van der Waals surface area contributed by atoms with E-state index >= 15 is 0 Å². The number of imidazole rings is 1. The summed E-state index contributed by atoms with van der Waals surface area (Å²) in [7, 11) is 0. The Morgan fingerprint density at radius 1 is 1.29 bits per heavy atom. The van der Waals surface area contributed by atoms with Crippen LogP contribution in [0.1, 0.15) is 31.1 Å². The average molecular weight is 475 g/mol. The number of rotatable bonds is 6. The molecule has 9 nitrogen and oxygen atoms in total. The van der Waals surface area contributed by atoms with Gasteiger partial charge in [-0.25, -0.2) is 9.78 Å². The second-order valence-electron chi connectivity index (χ2n) is 8.65. The number of benzene rings is 1. The highest BCUT2D eigenvalue weighted by atomic mass is 19.4. The van der Waals surface area contributed by atoms with Crippen molar-refractivity contribution in [3.05, 3.63) is 47.9 Å². The lowest BCUT2D eigenvalue weighted by Crippen LogP contribution is -2.46. The van der Waals surface area contributed by atoms with Crippen LogP contribution in [0.3, 0.4) is 0 Å². The van der Waals surface area contributed by atoms with E-state index in [0.717, 1.165) is 29.9 Å². The fourth-order valence-corrected chi connectivity index (χ4v) is 4.22. The van der Waals surface area contributed by atoms with Gasteiger partial charge in [-0.3, -0.25) is 19.8 Å². The summed E-state index contributed by atoms with van der Waals surface area (Å²) >= 11 is 0. The number of aromatic nitrogens is 2. The maximum absolute atomic E-state index is 13.2. The summed E-state index contributed by atoms with van der Waals surface area (Å²) < 4.78 is 46.3. The minimum Gasteiger partial charge on any atom is -0.467 e. The number of furan rings is 1. The lowest BCUT2D eigenvalue weighted by molar-refractivity contribution is -0.137. The van der Waals surface area contributed by atoms with Crippen LogP contribution in [0, 0.1) is 5.92 Å². The number of amides is 4. The SMILES string of the molecule is CC1(C2CC2)NC(=O)N(CC(=O)Nc2nc3cc(C(F)(F)F)ccc3n2Cc2ccco2)C1=O. The zero-order chi connectivity index (χ0) is 24.3. The fourth-order valence-electron chi connectivity index (χ4n) is 4.22. The summed E-state index contributed by atoms with van der Waals surface area (Å²) in [6, 6.07) is 5.76. The predicted molar refractivity (Wildman–Crippen MR) is 113 cm³/mol. The molecule has 178 valence electrons. The molecule has 0 radical (unpaired) electrons. The second kappa shape index (κ2) is 7.61. The summed E-state index contributed by atoms with van der Waals surface area (Å²) in [6.07, 6.45) is -1.47. The first-order valence-corrected chi connectivity index (χ1v) is 10.6. The van der Waals surface area contributed by atoms with E-state index in [1.807, 2.05) is 0 Å². The van der Waals surface area contributed by atoms with Crippen molar-refractivity contribution in [1.82, 2.24) is 19.8 Å². The maximum Gasteiger partial charge on any atom is 0.416 e. The Labute approximate surface area is 190 Å². The Morgan fingerprint density at radius 2 is 2.06 bits per heavy atom. The van der Waals surface area contributed by atoms with E-state index in [4.69, 9.17) is 4.42 Å². The van der Waals surface area contributed by atoms with Crippen LogP contribution in [0.4, 0.5) is 23.9 Å². The Kier molecular flexibility index (Phi) is 4.92. The van der Waals surface area contributed by atoms with Gasteiger partial charge in [0.25, 0.3) is 5.91 Å². The number of fused-ring (bicyclic) bond motifs is 1. The molecular formula is C22H20F3N5O4. The molecule has 1 atom stereocenters. The number of halogens is 3. The molecule has 1 aliphatic carbocycles. The Bertz CT molecular complexity index is 1300. The molecule has 3 heterocycles. The molecule has 1 saturated carbocycles. The molecule has 12 heteroatoms. The number of imide groups is 1. The first kappa shape index (κ1) is 22.0. The number of carbonyl (C=O) groups is 3. The van der Waals surface area contributed by atoms with Crippen LogP contribution in [-0.2, 0) is 22.3 Å². The van der Waals surface area contributed by atoms with Crippen LogP contribution in [0.5, 0.6) is 0 Å². The number of hydrogen-bond donors (Lipinski definition) is 2. The number of nitrogens with zero attached hydrogens (tertiary/aromatic N) is 3. The van der Waals surface area contributed by atoms with Gasteiger partial charge in [-0.05, 0) is 56.0 Å². The molecule has 5 rings (SSSR count). The van der Waals surface area contributed by atoms with Crippen molar-refractivity contribution in [3.8, 4) is 0 Å². The van der Waals surface area contributed by atoms with Gasteiger partial charge in [0.05, 0.1) is 29.4 Å². The monoisotopic (exact) mass is 475 g/mol. The summed E-state index contributed by atoms with van der Waals surface area (Å²) in [4.78, 5) is 42.9. The Balaban J connectivity index is 1.42. The van der Waals surface area contributed by atoms with Gasteiger partial charge >= 0.3 is 12.2 Å². The van der Waals surface area contributed by atoms with E-state index in [1.165, 1.54) is 16.9 Å². The van der Waals surface area contributed by atoms with Gasteiger partial charge in [0.2, 0.25) is 11.9 Å². The van der Waals surface area contributed by atoms with Crippen molar-refractivity contribution < 1.29 is 32.0 Å². The maximum atomic E-state index is 13.2. The summed E-state index contributed by atoms with van der Waals surface area (Å²) in [5, 5.41) is 5.19. The van der Waals surface area contributed by atoms with Crippen LogP contribution in [0.25, 0.3) is 11.0 Å². The average Bonchev–Trinajstić information content (AvgIpc) is 3.35. The molecule has 2 N–H and O–H groups in total. The first-order valence-electron chi connectivity index (χ1n) is 10.6. The summed E-state index contributed by atoms with van der Waals surface area (Å²) in [5.74, 6) is -0.696. The molecule has 1 aromatic carbocycles. The predicted octanol–water partition coefficient (Wildman–Crippen LogP) is 3.36. The van der Waals surface area contributed by atoms with E-state index in [9.17, 15) is 27.6 Å². The van der Waals surface area contributed by atoms with Crippen molar-refractivity contribution in [3.63, 3.8) is 0 Å². The summed E-state index contributed by atoms with van der Waals surface area (Å²) in [6.45, 7) is 1.18. The van der Waals surface area contributed by atoms with Crippen LogP contribution >= 0.6 is 0 Å². The number of nitrogens with one attached hydrogen (secondary N) is 2. The number of hydrogen-bond acceptors (Lipinski definition) is 5. The smallest absolute Gasteiger partial charge is 0.416 e. The van der Waals surface area contributed by atoms with Crippen LogP contribution in [0.2, 0.25) is 0 Å². The fraction of sp³-hybridized carbons (Fsp3) is 0.364. The second-order valence-corrected chi connectivity index (χ2v) is 8.65. The topological polar surface area (TPSA) is 109 Å². The third kappa shape index (κ3) is 3.78. The zero-order valence-corrected chi connectivity index (χ0v) is 18.0. The molecular weight excluding hydrogens is 455 g/mol. The van der Waals surface area contributed by atoms with E-state index in [0.29, 0.717) is 11.3 Å². The highest BCUT2D eigenvalue weighted by molar-refractivity contribution is 6.10. The minimum absolute atomic E-state index is 0.0213. The molecule has 1 aliphatic heterocycles. The van der Waals surface area contributed by atoms with Crippen molar-refractivity contribution in [2.24, 2.45) is 5.92 Å². The quantitative estimate of drug-likeness (QED) is 0.532. The number of anilines is 1. The molecule has 0 bridgehead atoms. The Morgan fingerprint density at radius 3 is 2.71 bits per heavy atom. The molecule has 1 saturated heterocycles. The normalized spacial score (nSPS) is 20.8. The molecule has 2 aromatic heterocycles. The highest BCUT2D eigenvalue weighted by Crippen LogP contribution is 2.42. The lowest BCUT2D eigenvalue weighted by atomic mass is 9.96. The van der Waals surface area contributed by atoms with E-state index in [1.54, 1.807) is 19.1 Å². The minimum atomic E-state index is -4.56. The first-order chi connectivity index (χ1) is 16.1. The van der Waals surface area contributed by atoms with Gasteiger partial charge < -0.3 is 14.3 Å². The van der Waals surface area contributed by atoms with Crippen LogP contribution < -0.4 is 10.6 Å². The standard InChI is InChI=1S/C22H20F3N5O4/c1-21(12-4-5-12)18(32)30(20(33)28-21)11-17(31)27-19-26-15-9-13(22(23,24)25)6-7-16(15)29(19)10-14-3-2-8-34-14/h2-3,6-9,12H,4-5,10-11H2,1H3,(H,28,33)(H,26,27,31). The lowest BCUT2D eigenvalue weighted by Gasteiger charge is -2.20. The summed E-state index contributed by atoms with van der Waals surface area (Å²) in [5.41, 5.74) is -1.54. The molecule has 3 aromatic rings. The van der Waals surface area contributed by atoms with Gasteiger partial charge in [-0.15, -0.1) is 0 Å². The third-order valence-corrected chi connectivity index (χ3v) is 6.22. The molecule has 0 spiro atoms. The highest BCUT2D eigenvalue weighted by Gasteiger charge is 2.56. The third-order valence-electron chi connectivity index (χ3n) is 6.22. The van der Waals surface area contributed by atoms with E-state index in [2.05, 4.69) is 15.6 Å². The van der Waals surface area contributed by atoms with E-state index in [-0.39, 0.29) is 23.9 Å². The molecule has 2 aliphatic rings. The van der Waals surface area contributed by atoms with Gasteiger partial charge in [-0.1, -0.05) is 0 Å². The number of alkyl halides is 3. The number of carbonyl (C=O) groups excluding carboxylic acids is 3.